The van der Waals surface area contributed by atoms with Crippen molar-refractivity contribution in [2.45, 2.75) is 33.4 Å². The number of aromatic nitrogens is 1. The van der Waals surface area contributed by atoms with Crippen LogP contribution < -0.4 is 19.6 Å². The standard InChI is InChI=1S/C31H27FN2O4S/c1-4-37-30(36)27-20(3)33-31-34(28(27)23-12-8-19(2)9-13-23)29(35)26(39-31)17-22-6-5-7-25(16-22)38-18-21-10-14-24(32)15-11-21/h5-17,28H,4,18H2,1-3H3/b26-17-/t28-/m0/s1. The number of thiazole rings is 1. The highest BCUT2D eigenvalue weighted by atomic mass is 32.1. The monoisotopic (exact) mass is 542 g/mol. The molecular formula is C31H27FN2O4S. The van der Waals surface area contributed by atoms with Crippen LogP contribution in [0.4, 0.5) is 4.39 Å². The Balaban J connectivity index is 1.53. The maximum Gasteiger partial charge on any atom is 0.338 e. The van der Waals surface area contributed by atoms with Crippen LogP contribution in [-0.2, 0) is 16.1 Å². The summed E-state index contributed by atoms with van der Waals surface area (Å²) in [5.41, 5.74) is 4.16. The number of fused-ring (bicyclic) bond motifs is 1. The highest BCUT2D eigenvalue weighted by molar-refractivity contribution is 7.07. The molecule has 0 saturated carbocycles. The van der Waals surface area contributed by atoms with E-state index in [1.165, 1.54) is 23.5 Å². The van der Waals surface area contributed by atoms with E-state index in [1.807, 2.05) is 55.5 Å². The predicted octanol–water partition coefficient (Wildman–Crippen LogP) is 4.82. The summed E-state index contributed by atoms with van der Waals surface area (Å²) in [7, 11) is 0. The number of benzene rings is 3. The van der Waals surface area contributed by atoms with Gasteiger partial charge in [0.1, 0.15) is 18.2 Å². The molecule has 8 heteroatoms. The average Bonchev–Trinajstić information content (AvgIpc) is 3.22. The Morgan fingerprint density at radius 3 is 2.54 bits per heavy atom. The van der Waals surface area contributed by atoms with Crippen molar-refractivity contribution < 1.29 is 18.7 Å². The van der Waals surface area contributed by atoms with Crippen LogP contribution in [0.1, 0.15) is 42.1 Å². The second-order valence-electron chi connectivity index (χ2n) is 9.20. The molecule has 39 heavy (non-hydrogen) atoms. The fourth-order valence-corrected chi connectivity index (χ4v) is 5.50. The largest absolute Gasteiger partial charge is 0.489 e. The topological polar surface area (TPSA) is 69.9 Å². The van der Waals surface area contributed by atoms with E-state index in [1.54, 1.807) is 36.6 Å². The van der Waals surface area contributed by atoms with E-state index in [2.05, 4.69) is 4.99 Å². The molecule has 1 aliphatic heterocycles. The Morgan fingerprint density at radius 2 is 1.82 bits per heavy atom. The van der Waals surface area contributed by atoms with Crippen molar-refractivity contribution in [1.29, 1.82) is 0 Å². The first-order chi connectivity index (χ1) is 18.8. The molecule has 2 heterocycles. The molecule has 0 N–H and O–H groups in total. The first-order valence-corrected chi connectivity index (χ1v) is 13.4. The maximum absolute atomic E-state index is 13.8. The Labute approximate surface area is 229 Å². The molecule has 3 aromatic carbocycles. The summed E-state index contributed by atoms with van der Waals surface area (Å²) in [6, 6.07) is 20.7. The number of carbonyl (C=O) groups is 1. The summed E-state index contributed by atoms with van der Waals surface area (Å²) in [5.74, 6) is -0.153. The van der Waals surface area contributed by atoms with Crippen LogP contribution >= 0.6 is 11.3 Å². The third-order valence-electron chi connectivity index (χ3n) is 6.38. The molecule has 6 nitrogen and oxygen atoms in total. The molecule has 4 aromatic rings. The number of rotatable bonds is 7. The van der Waals surface area contributed by atoms with Gasteiger partial charge in [-0.05, 0) is 67.8 Å². The van der Waals surface area contributed by atoms with Crippen LogP contribution in [0.5, 0.6) is 5.75 Å². The van der Waals surface area contributed by atoms with Gasteiger partial charge in [0.25, 0.3) is 5.56 Å². The normalized spacial score (nSPS) is 15.1. The van der Waals surface area contributed by atoms with E-state index in [-0.39, 0.29) is 18.0 Å². The molecule has 0 spiro atoms. The lowest BCUT2D eigenvalue weighted by atomic mass is 9.95. The van der Waals surface area contributed by atoms with Gasteiger partial charge in [0, 0.05) is 0 Å². The van der Waals surface area contributed by atoms with Crippen LogP contribution in [-0.4, -0.2) is 17.1 Å². The zero-order chi connectivity index (χ0) is 27.5. The van der Waals surface area contributed by atoms with Crippen molar-refractivity contribution in [3.05, 3.63) is 132 Å². The van der Waals surface area contributed by atoms with Crippen molar-refractivity contribution in [3.8, 4) is 5.75 Å². The van der Waals surface area contributed by atoms with Crippen molar-refractivity contribution in [1.82, 2.24) is 4.57 Å². The van der Waals surface area contributed by atoms with Crippen LogP contribution in [0, 0.1) is 12.7 Å². The van der Waals surface area contributed by atoms with Gasteiger partial charge in [-0.3, -0.25) is 9.36 Å². The minimum atomic E-state index is -0.645. The SMILES string of the molecule is CCOC(=O)C1=C(C)N=c2s/c(=C\c3cccc(OCc4ccc(F)cc4)c3)c(=O)n2[C@H]1c1ccc(C)cc1. The molecule has 0 unspecified atom stereocenters. The highest BCUT2D eigenvalue weighted by Crippen LogP contribution is 2.30. The van der Waals surface area contributed by atoms with E-state index in [0.717, 1.165) is 22.3 Å². The number of nitrogens with zero attached hydrogens (tertiary/aromatic N) is 2. The van der Waals surface area contributed by atoms with Crippen molar-refractivity contribution in [2.24, 2.45) is 4.99 Å². The lowest BCUT2D eigenvalue weighted by Gasteiger charge is -2.24. The van der Waals surface area contributed by atoms with Gasteiger partial charge >= 0.3 is 5.97 Å². The maximum atomic E-state index is 13.8. The summed E-state index contributed by atoms with van der Waals surface area (Å²) >= 11 is 1.27. The number of allylic oxidation sites excluding steroid dienone is 1. The summed E-state index contributed by atoms with van der Waals surface area (Å²) in [6.45, 7) is 6.02. The Kier molecular flexibility index (Phi) is 7.56. The Hall–Kier alpha value is -4.30. The minimum absolute atomic E-state index is 0.222. The number of carbonyl (C=O) groups excluding carboxylic acids is 1. The smallest absolute Gasteiger partial charge is 0.338 e. The van der Waals surface area contributed by atoms with Crippen molar-refractivity contribution in [3.63, 3.8) is 0 Å². The van der Waals surface area contributed by atoms with Crippen LogP contribution in [0.15, 0.2) is 93.9 Å². The number of esters is 1. The van der Waals surface area contributed by atoms with Crippen LogP contribution in [0.25, 0.3) is 6.08 Å². The number of hydrogen-bond acceptors (Lipinski definition) is 6. The van der Waals surface area contributed by atoms with Gasteiger partial charge < -0.3 is 9.47 Å². The average molecular weight is 543 g/mol. The van der Waals surface area contributed by atoms with Gasteiger partial charge in [0.05, 0.1) is 28.5 Å². The van der Waals surface area contributed by atoms with E-state index in [9.17, 15) is 14.0 Å². The van der Waals surface area contributed by atoms with Crippen LogP contribution in [0.3, 0.4) is 0 Å². The number of ether oxygens (including phenoxy) is 2. The zero-order valence-corrected chi connectivity index (χ0v) is 22.6. The minimum Gasteiger partial charge on any atom is -0.489 e. The third kappa shape index (κ3) is 5.61. The molecule has 0 saturated heterocycles. The second-order valence-corrected chi connectivity index (χ2v) is 10.2. The lowest BCUT2D eigenvalue weighted by Crippen LogP contribution is -2.39. The Morgan fingerprint density at radius 1 is 1.08 bits per heavy atom. The quantitative estimate of drug-likeness (QED) is 0.314. The van der Waals surface area contributed by atoms with Gasteiger partial charge in [-0.2, -0.15) is 0 Å². The van der Waals surface area contributed by atoms with Gasteiger partial charge in [-0.1, -0.05) is 65.4 Å². The molecule has 0 fully saturated rings. The molecule has 0 bridgehead atoms. The van der Waals surface area contributed by atoms with Crippen molar-refractivity contribution in [2.75, 3.05) is 6.61 Å². The molecular weight excluding hydrogens is 515 g/mol. The lowest BCUT2D eigenvalue weighted by molar-refractivity contribution is -0.139. The second kappa shape index (κ2) is 11.2. The highest BCUT2D eigenvalue weighted by Gasteiger charge is 2.33. The fraction of sp³-hybridized carbons (Fsp3) is 0.194. The third-order valence-corrected chi connectivity index (χ3v) is 7.37. The first kappa shape index (κ1) is 26.3. The van der Waals surface area contributed by atoms with Gasteiger partial charge in [0.15, 0.2) is 4.80 Å². The zero-order valence-electron chi connectivity index (χ0n) is 21.8. The van der Waals surface area contributed by atoms with Gasteiger partial charge in [0.2, 0.25) is 0 Å². The van der Waals surface area contributed by atoms with Crippen LogP contribution in [0.2, 0.25) is 0 Å². The van der Waals surface area contributed by atoms with Gasteiger partial charge in [-0.15, -0.1) is 0 Å². The molecule has 5 rings (SSSR count). The number of aryl methyl sites for hydroxylation is 1. The van der Waals surface area contributed by atoms with Crippen molar-refractivity contribution >= 4 is 23.4 Å². The molecule has 0 amide bonds. The Bertz CT molecular complexity index is 1740. The van der Waals surface area contributed by atoms with E-state index in [4.69, 9.17) is 9.47 Å². The molecule has 1 aliphatic rings. The summed E-state index contributed by atoms with van der Waals surface area (Å²) in [5, 5.41) is 0. The summed E-state index contributed by atoms with van der Waals surface area (Å²) in [4.78, 5) is 31.9. The molecule has 0 radical (unpaired) electrons. The molecule has 198 valence electrons. The number of hydrogen-bond donors (Lipinski definition) is 0. The summed E-state index contributed by atoms with van der Waals surface area (Å²) < 4.78 is 26.5. The molecule has 1 atom stereocenters. The van der Waals surface area contributed by atoms with E-state index >= 15 is 0 Å². The number of halogens is 1. The van der Waals surface area contributed by atoms with E-state index in [0.29, 0.717) is 33.0 Å². The molecule has 1 aromatic heterocycles. The van der Waals surface area contributed by atoms with Gasteiger partial charge in [-0.25, -0.2) is 14.2 Å². The van der Waals surface area contributed by atoms with E-state index < -0.39 is 12.0 Å². The molecule has 0 aliphatic carbocycles. The predicted molar refractivity (Wildman–Crippen MR) is 149 cm³/mol. The summed E-state index contributed by atoms with van der Waals surface area (Å²) in [6.07, 6.45) is 1.80. The first-order valence-electron chi connectivity index (χ1n) is 12.6. The fourth-order valence-electron chi connectivity index (χ4n) is 4.45.